The zero-order valence-electron chi connectivity index (χ0n) is 17.0. The van der Waals surface area contributed by atoms with Crippen molar-refractivity contribution in [2.75, 3.05) is 40.5 Å². The van der Waals surface area contributed by atoms with Gasteiger partial charge in [0.2, 0.25) is 0 Å². The molecule has 2 aromatic heterocycles. The van der Waals surface area contributed by atoms with Gasteiger partial charge in [0, 0.05) is 46.1 Å². The number of nitrogens with zero attached hydrogens (tertiary/aromatic N) is 7. The minimum absolute atomic E-state index is 0.0173. The van der Waals surface area contributed by atoms with Gasteiger partial charge in [0.1, 0.15) is 12.2 Å². The molecule has 12 heteroatoms. The first-order valence-corrected chi connectivity index (χ1v) is 9.60. The number of likely N-dealkylation sites (N-methyl/N-ethyl adjacent to an activating group) is 1. The minimum Gasteiger partial charge on any atom is -0.376 e. The lowest BCUT2D eigenvalue weighted by Gasteiger charge is -2.44. The molecule has 162 valence electrons. The van der Waals surface area contributed by atoms with Gasteiger partial charge in [-0.1, -0.05) is 5.21 Å². The quantitative estimate of drug-likeness (QED) is 0.624. The number of halogens is 1. The SMILES string of the molecule is COC(C(=O)N(C)C1CN(C(=O)c2cn([C@@H]3COC[C@@H]3F)nn2)C1)c1cnn(C)c1. The largest absolute Gasteiger partial charge is 0.376 e. The second-order valence-electron chi connectivity index (χ2n) is 7.58. The molecule has 3 atom stereocenters. The molecule has 2 fully saturated rings. The van der Waals surface area contributed by atoms with E-state index in [-0.39, 0.29) is 36.8 Å². The van der Waals surface area contributed by atoms with Crippen LogP contribution in [0.4, 0.5) is 4.39 Å². The van der Waals surface area contributed by atoms with E-state index in [1.807, 2.05) is 0 Å². The van der Waals surface area contributed by atoms with Gasteiger partial charge in [-0.2, -0.15) is 5.10 Å². The number of carbonyl (C=O) groups excluding carboxylic acids is 2. The molecule has 4 heterocycles. The molecule has 0 aromatic carbocycles. The van der Waals surface area contributed by atoms with Crippen molar-refractivity contribution < 1.29 is 23.5 Å². The monoisotopic (exact) mass is 421 g/mol. The van der Waals surface area contributed by atoms with Crippen molar-refractivity contribution in [3.8, 4) is 0 Å². The molecule has 11 nitrogen and oxygen atoms in total. The summed E-state index contributed by atoms with van der Waals surface area (Å²) in [7, 11) is 4.93. The van der Waals surface area contributed by atoms with Crippen molar-refractivity contribution in [1.29, 1.82) is 0 Å². The van der Waals surface area contributed by atoms with Crippen molar-refractivity contribution in [2.24, 2.45) is 7.05 Å². The summed E-state index contributed by atoms with van der Waals surface area (Å²) in [5.41, 5.74) is 0.814. The van der Waals surface area contributed by atoms with Crippen molar-refractivity contribution in [3.63, 3.8) is 0 Å². The number of aromatic nitrogens is 5. The number of rotatable bonds is 6. The van der Waals surface area contributed by atoms with Gasteiger partial charge in [-0.15, -0.1) is 5.10 Å². The Kier molecular flexibility index (Phi) is 5.52. The zero-order chi connectivity index (χ0) is 21.4. The van der Waals surface area contributed by atoms with Crippen molar-refractivity contribution in [3.05, 3.63) is 29.8 Å². The van der Waals surface area contributed by atoms with E-state index in [2.05, 4.69) is 15.4 Å². The highest BCUT2D eigenvalue weighted by molar-refractivity contribution is 5.93. The second kappa shape index (κ2) is 8.11. The smallest absolute Gasteiger partial charge is 0.276 e. The highest BCUT2D eigenvalue weighted by Crippen LogP contribution is 2.24. The van der Waals surface area contributed by atoms with Crippen LogP contribution >= 0.6 is 0 Å². The van der Waals surface area contributed by atoms with Gasteiger partial charge in [-0.25, -0.2) is 9.07 Å². The summed E-state index contributed by atoms with van der Waals surface area (Å²) in [6.07, 6.45) is 2.85. The molecule has 0 radical (unpaired) electrons. The number of likely N-dealkylation sites (tertiary alicyclic amines) is 1. The minimum atomic E-state index is -1.17. The van der Waals surface area contributed by atoms with Crippen molar-refractivity contribution in [2.45, 2.75) is 24.4 Å². The molecule has 2 aliphatic rings. The lowest BCUT2D eigenvalue weighted by molar-refractivity contribution is -0.145. The average molecular weight is 421 g/mol. The Morgan fingerprint density at radius 3 is 2.70 bits per heavy atom. The van der Waals surface area contributed by atoms with E-state index in [0.717, 1.165) is 0 Å². The molecular weight excluding hydrogens is 397 g/mol. The van der Waals surface area contributed by atoms with Crippen LogP contribution in [-0.4, -0.2) is 99.1 Å². The van der Waals surface area contributed by atoms with E-state index < -0.39 is 18.3 Å². The Hall–Kier alpha value is -2.86. The predicted molar refractivity (Wildman–Crippen MR) is 100 cm³/mol. The fourth-order valence-corrected chi connectivity index (χ4v) is 3.64. The molecule has 2 aliphatic heterocycles. The molecule has 0 aliphatic carbocycles. The molecule has 0 bridgehead atoms. The Morgan fingerprint density at radius 1 is 1.33 bits per heavy atom. The summed E-state index contributed by atoms with van der Waals surface area (Å²) in [5.74, 6) is -0.507. The molecule has 0 spiro atoms. The van der Waals surface area contributed by atoms with Gasteiger partial charge >= 0.3 is 0 Å². The molecule has 30 heavy (non-hydrogen) atoms. The fourth-order valence-electron chi connectivity index (χ4n) is 3.64. The maximum absolute atomic E-state index is 13.8. The van der Waals surface area contributed by atoms with Crippen LogP contribution in [0.2, 0.25) is 0 Å². The van der Waals surface area contributed by atoms with E-state index in [0.29, 0.717) is 18.7 Å². The van der Waals surface area contributed by atoms with E-state index in [1.165, 1.54) is 18.0 Å². The summed E-state index contributed by atoms with van der Waals surface area (Å²) >= 11 is 0. The first-order valence-electron chi connectivity index (χ1n) is 9.60. The molecule has 2 amide bonds. The molecular formula is C18H24FN7O4. The summed E-state index contributed by atoms with van der Waals surface area (Å²) in [6.45, 7) is 0.962. The van der Waals surface area contributed by atoms with E-state index in [9.17, 15) is 14.0 Å². The van der Waals surface area contributed by atoms with Crippen LogP contribution in [0.5, 0.6) is 0 Å². The Labute approximate surface area is 172 Å². The van der Waals surface area contributed by atoms with Crippen LogP contribution in [0.25, 0.3) is 0 Å². The fraction of sp³-hybridized carbons (Fsp3) is 0.611. The van der Waals surface area contributed by atoms with Crippen molar-refractivity contribution in [1.82, 2.24) is 34.6 Å². The highest BCUT2D eigenvalue weighted by atomic mass is 19.1. The van der Waals surface area contributed by atoms with Crippen molar-refractivity contribution >= 4 is 11.8 Å². The van der Waals surface area contributed by atoms with Crippen LogP contribution in [0.1, 0.15) is 28.2 Å². The normalized spacial score (nSPS) is 22.7. The van der Waals surface area contributed by atoms with Gasteiger partial charge in [0.25, 0.3) is 11.8 Å². The van der Waals surface area contributed by atoms with Crippen LogP contribution in [0.3, 0.4) is 0 Å². The number of carbonyl (C=O) groups is 2. The van der Waals surface area contributed by atoms with Gasteiger partial charge < -0.3 is 19.3 Å². The van der Waals surface area contributed by atoms with Crippen LogP contribution in [0.15, 0.2) is 18.6 Å². The van der Waals surface area contributed by atoms with Gasteiger partial charge in [0.15, 0.2) is 11.8 Å². The standard InChI is InChI=1S/C18H24FN7O4/c1-23-5-11(4-20-23)16(29-3)18(28)24(2)12-6-25(7-12)17(27)14-8-26(22-21-14)15-10-30-9-13(15)19/h4-5,8,12-13,15-16H,6-7,9-10H2,1-3H3/t13-,15+,16?/m0/s1. The van der Waals surface area contributed by atoms with E-state index >= 15 is 0 Å². The first kappa shape index (κ1) is 20.4. The summed E-state index contributed by atoms with van der Waals surface area (Å²) in [5, 5.41) is 11.8. The number of alkyl halides is 1. The van der Waals surface area contributed by atoms with Crippen LogP contribution in [-0.2, 0) is 21.3 Å². The second-order valence-corrected chi connectivity index (χ2v) is 7.58. The maximum Gasteiger partial charge on any atom is 0.276 e. The van der Waals surface area contributed by atoms with Crippen LogP contribution in [0, 0.1) is 0 Å². The zero-order valence-corrected chi connectivity index (χ0v) is 17.0. The average Bonchev–Trinajstić information content (AvgIpc) is 3.42. The Morgan fingerprint density at radius 2 is 2.10 bits per heavy atom. The molecule has 4 rings (SSSR count). The molecule has 2 saturated heterocycles. The summed E-state index contributed by atoms with van der Waals surface area (Å²) < 4.78 is 27.2. The lowest BCUT2D eigenvalue weighted by Crippen LogP contribution is -2.61. The number of hydrogen-bond acceptors (Lipinski definition) is 7. The summed E-state index contributed by atoms with van der Waals surface area (Å²) in [6, 6.07) is -0.699. The van der Waals surface area contributed by atoms with Gasteiger partial charge in [0.05, 0.1) is 31.6 Å². The number of amides is 2. The highest BCUT2D eigenvalue weighted by Gasteiger charge is 2.39. The first-order chi connectivity index (χ1) is 14.4. The predicted octanol–water partition coefficient (Wildman–Crippen LogP) is -0.408. The Balaban J connectivity index is 1.34. The number of aryl methyl sites for hydroxylation is 1. The molecule has 1 unspecified atom stereocenters. The maximum atomic E-state index is 13.8. The lowest BCUT2D eigenvalue weighted by atomic mass is 10.1. The van der Waals surface area contributed by atoms with Gasteiger partial charge in [-0.3, -0.25) is 14.3 Å². The number of methoxy groups -OCH3 is 1. The third kappa shape index (κ3) is 3.67. The third-order valence-corrected chi connectivity index (χ3v) is 5.58. The summed E-state index contributed by atoms with van der Waals surface area (Å²) in [4.78, 5) is 28.6. The van der Waals surface area contributed by atoms with E-state index in [4.69, 9.17) is 9.47 Å². The topological polar surface area (TPSA) is 108 Å². The third-order valence-electron chi connectivity index (χ3n) is 5.58. The molecule has 2 aromatic rings. The number of ether oxygens (including phenoxy) is 2. The molecule has 0 N–H and O–H groups in total. The number of hydrogen-bond donors (Lipinski definition) is 0. The molecule has 0 saturated carbocycles. The van der Waals surface area contributed by atoms with Gasteiger partial charge in [-0.05, 0) is 0 Å². The Bertz CT molecular complexity index is 925. The van der Waals surface area contributed by atoms with E-state index in [1.54, 1.807) is 41.0 Å². The van der Waals surface area contributed by atoms with Crippen LogP contribution < -0.4 is 0 Å².